The fourth-order valence-electron chi connectivity index (χ4n) is 5.28. The van der Waals surface area contributed by atoms with E-state index < -0.39 is 21.2 Å². The van der Waals surface area contributed by atoms with Gasteiger partial charge in [0.1, 0.15) is 16.3 Å². The maximum Gasteiger partial charge on any atom is 0.378 e. The molecule has 1 aliphatic heterocycles. The van der Waals surface area contributed by atoms with E-state index in [1.54, 1.807) is 11.3 Å². The zero-order chi connectivity index (χ0) is 31.9. The summed E-state index contributed by atoms with van der Waals surface area (Å²) in [6.07, 6.45) is 11.1. The zero-order valence-electron chi connectivity index (χ0n) is 24.9. The molecule has 3 aromatic rings. The van der Waals surface area contributed by atoms with Gasteiger partial charge in [-0.3, -0.25) is 8.98 Å². The van der Waals surface area contributed by atoms with Crippen LogP contribution in [-0.4, -0.2) is 54.9 Å². The molecule has 2 heterocycles. The number of amides is 1. The molecule has 1 aromatic heterocycles. The molecule has 0 spiro atoms. The third-order valence-electron chi connectivity index (χ3n) is 7.36. The lowest BCUT2D eigenvalue weighted by molar-refractivity contribution is -0.668. The molecule has 44 heavy (non-hydrogen) atoms. The van der Waals surface area contributed by atoms with Gasteiger partial charge < -0.3 is 14.8 Å². The number of hydrogen-bond donors (Lipinski definition) is 1. The van der Waals surface area contributed by atoms with Crippen molar-refractivity contribution in [1.82, 2.24) is 5.32 Å². The van der Waals surface area contributed by atoms with Gasteiger partial charge in [-0.05, 0) is 42.3 Å². The van der Waals surface area contributed by atoms with E-state index in [0.717, 1.165) is 32.2 Å². The van der Waals surface area contributed by atoms with Crippen LogP contribution in [0, 0.1) is 0 Å². The minimum atomic E-state index is -3.78. The van der Waals surface area contributed by atoms with E-state index in [1.807, 2.05) is 66.8 Å². The van der Waals surface area contributed by atoms with Crippen LogP contribution in [0.15, 0.2) is 77.4 Å². The highest BCUT2D eigenvalue weighted by molar-refractivity contribution is 7.85. The Balaban J connectivity index is 1.59. The minimum absolute atomic E-state index is 0.0724. The Labute approximate surface area is 270 Å². The van der Waals surface area contributed by atoms with Crippen LogP contribution in [0.2, 0.25) is 0 Å². The Bertz CT molecular complexity index is 1730. The van der Waals surface area contributed by atoms with E-state index in [4.69, 9.17) is 20.3 Å². The summed E-state index contributed by atoms with van der Waals surface area (Å²) in [6, 6.07) is 13.7. The van der Waals surface area contributed by atoms with Crippen LogP contribution in [0.25, 0.3) is 16.3 Å². The van der Waals surface area contributed by atoms with Gasteiger partial charge in [-0.2, -0.15) is 13.0 Å². The SMILES string of the molecule is COS(=O)c1ccc2c(c1)C(C)(C)/C(=C/C=C/C=C/c1sc3ccccc3[n+]1CCCS(=O)(=O)[OH2+])N2CCCNC(=O)CCl. The topological polar surface area (TPSA) is 120 Å². The molecule has 1 amide bonds. The second-order valence-electron chi connectivity index (χ2n) is 10.7. The van der Waals surface area contributed by atoms with Gasteiger partial charge in [0, 0.05) is 48.5 Å². The normalized spacial score (nSPS) is 16.4. The van der Waals surface area contributed by atoms with Crippen LogP contribution >= 0.6 is 22.9 Å². The van der Waals surface area contributed by atoms with Crippen molar-refractivity contribution in [3.63, 3.8) is 0 Å². The molecule has 0 saturated carbocycles. The van der Waals surface area contributed by atoms with Gasteiger partial charge in [0.15, 0.2) is 17.6 Å². The summed E-state index contributed by atoms with van der Waals surface area (Å²) >= 11 is 5.69. The fraction of sp³-hybridized carbons (Fsp3) is 0.355. The standard InChI is InChI=1S/C31H36ClN3O6S3/c1-31(2)24-21-23(43(37)41-3)15-16-25(24)34(18-9-17-33-29(36)22-32)28(31)13-5-4-6-14-30-35(19-10-20-44(38,39)40)26-11-7-8-12-27(26)42-30/h4-8,11-16,21H,9-10,17-20,22H2,1-3H3,(H-,33,36,38,39,40)/p+2. The highest BCUT2D eigenvalue weighted by atomic mass is 35.5. The number of nitrogens with zero attached hydrogens (tertiary/aromatic N) is 2. The van der Waals surface area contributed by atoms with Crippen LogP contribution < -0.4 is 14.8 Å². The third kappa shape index (κ3) is 8.23. The smallest absolute Gasteiger partial charge is 0.355 e. The Kier molecular flexibility index (Phi) is 11.5. The van der Waals surface area contributed by atoms with E-state index in [1.165, 1.54) is 7.11 Å². The number of benzene rings is 2. The van der Waals surface area contributed by atoms with Gasteiger partial charge in [-0.25, -0.2) is 4.21 Å². The summed E-state index contributed by atoms with van der Waals surface area (Å²) in [7, 11) is -2.36. The van der Waals surface area contributed by atoms with E-state index in [-0.39, 0.29) is 23.0 Å². The lowest BCUT2D eigenvalue weighted by Gasteiger charge is -2.27. The highest BCUT2D eigenvalue weighted by Gasteiger charge is 2.40. The number of alkyl halides is 1. The molecule has 1 unspecified atom stereocenters. The lowest BCUT2D eigenvalue weighted by Crippen LogP contribution is -2.35. The number of thiazole rings is 1. The first-order valence-electron chi connectivity index (χ1n) is 14.1. The number of aromatic nitrogens is 1. The Morgan fingerprint density at radius 1 is 1.18 bits per heavy atom. The number of allylic oxidation sites excluding steroid dienone is 5. The lowest BCUT2D eigenvalue weighted by atomic mass is 9.83. The molecular weight excluding hydrogens is 642 g/mol. The summed E-state index contributed by atoms with van der Waals surface area (Å²) in [5, 5.41) is 3.80. The number of fused-ring (bicyclic) bond motifs is 2. The van der Waals surface area contributed by atoms with Gasteiger partial charge >= 0.3 is 10.1 Å². The Hall–Kier alpha value is -2.87. The number of carbonyl (C=O) groups excluding carboxylic acids is 1. The van der Waals surface area contributed by atoms with Crippen molar-refractivity contribution in [3.05, 3.63) is 83.0 Å². The molecule has 4 rings (SSSR count). The highest BCUT2D eigenvalue weighted by Crippen LogP contribution is 2.48. The first-order chi connectivity index (χ1) is 21.0. The average molecular weight is 680 g/mol. The summed E-state index contributed by atoms with van der Waals surface area (Å²) < 4.78 is 50.6. The first kappa shape index (κ1) is 34.0. The van der Waals surface area contributed by atoms with Crippen molar-refractivity contribution < 1.29 is 30.7 Å². The number of nitrogens with one attached hydrogen (secondary N) is 1. The monoisotopic (exact) mass is 679 g/mol. The van der Waals surface area contributed by atoms with Crippen molar-refractivity contribution in [2.24, 2.45) is 0 Å². The first-order valence-corrected chi connectivity index (χ1v) is 18.2. The third-order valence-corrected chi connectivity index (χ3v) is 10.5. The number of hydrogen-bond acceptors (Lipinski definition) is 7. The molecule has 1 atom stereocenters. The van der Waals surface area contributed by atoms with Gasteiger partial charge in [0.25, 0.3) is 5.01 Å². The maximum absolute atomic E-state index is 12.4. The Morgan fingerprint density at radius 3 is 2.68 bits per heavy atom. The molecule has 0 bridgehead atoms. The predicted molar refractivity (Wildman–Crippen MR) is 179 cm³/mol. The molecule has 3 N–H and O–H groups in total. The summed E-state index contributed by atoms with van der Waals surface area (Å²) in [4.78, 5) is 14.4. The van der Waals surface area contributed by atoms with Crippen molar-refractivity contribution in [2.45, 2.75) is 43.5 Å². The molecule has 0 fully saturated rings. The predicted octanol–water partition coefficient (Wildman–Crippen LogP) is 4.30. The number of para-hydroxylation sites is 1. The fourth-order valence-corrected chi connectivity index (χ4v) is 7.57. The quantitative estimate of drug-likeness (QED) is 0.0893. The van der Waals surface area contributed by atoms with Crippen molar-refractivity contribution in [2.75, 3.05) is 36.7 Å². The summed E-state index contributed by atoms with van der Waals surface area (Å²) in [5.74, 6) is -0.457. The van der Waals surface area contributed by atoms with Gasteiger partial charge in [-0.1, -0.05) is 55.5 Å². The van der Waals surface area contributed by atoms with Crippen molar-refractivity contribution in [3.8, 4) is 0 Å². The van der Waals surface area contributed by atoms with E-state index >= 15 is 0 Å². The van der Waals surface area contributed by atoms with Crippen LogP contribution in [0.3, 0.4) is 0 Å². The maximum atomic E-state index is 12.4. The average Bonchev–Trinajstić information content (AvgIpc) is 3.44. The van der Waals surface area contributed by atoms with Crippen LogP contribution in [0.5, 0.6) is 0 Å². The second-order valence-corrected chi connectivity index (χ2v) is 15.0. The van der Waals surface area contributed by atoms with Crippen molar-refractivity contribution in [1.29, 1.82) is 0 Å². The van der Waals surface area contributed by atoms with Crippen LogP contribution in [0.1, 0.15) is 37.3 Å². The molecule has 0 radical (unpaired) electrons. The number of aryl methyl sites for hydroxylation is 1. The van der Waals surface area contributed by atoms with Gasteiger partial charge in [0.2, 0.25) is 11.4 Å². The molecule has 2 aromatic carbocycles. The molecule has 1 aliphatic rings. The van der Waals surface area contributed by atoms with E-state index in [2.05, 4.69) is 34.7 Å². The number of rotatable bonds is 14. The summed E-state index contributed by atoms with van der Waals surface area (Å²) in [6.45, 7) is 5.92. The largest absolute Gasteiger partial charge is 0.378 e. The zero-order valence-corrected chi connectivity index (χ0v) is 28.1. The Morgan fingerprint density at radius 2 is 1.95 bits per heavy atom. The van der Waals surface area contributed by atoms with Gasteiger partial charge in [-0.15, -0.1) is 11.6 Å². The molecule has 236 valence electrons. The minimum Gasteiger partial charge on any atom is -0.355 e. The van der Waals surface area contributed by atoms with E-state index in [9.17, 15) is 17.4 Å². The molecule has 9 nitrogen and oxygen atoms in total. The number of anilines is 1. The molecule has 13 heteroatoms. The second kappa shape index (κ2) is 14.9. The molecular formula is C31H38ClN3O6S3+2. The van der Waals surface area contributed by atoms with Crippen molar-refractivity contribution >= 4 is 72.0 Å². The number of carbonyl (C=O) groups is 1. The number of halogens is 1. The van der Waals surface area contributed by atoms with E-state index in [0.29, 0.717) is 37.4 Å². The molecule has 0 saturated heterocycles. The van der Waals surface area contributed by atoms with Gasteiger partial charge in [0.05, 0.1) is 12.0 Å². The van der Waals surface area contributed by atoms with Crippen LogP contribution in [0.4, 0.5) is 5.69 Å². The molecule has 0 aliphatic carbocycles. The van der Waals surface area contributed by atoms with Crippen LogP contribution in [-0.2, 0) is 42.1 Å². The summed E-state index contributed by atoms with van der Waals surface area (Å²) in [5.41, 5.74) is 3.77.